The minimum Gasteiger partial charge on any atom is -0.324 e. The Morgan fingerprint density at radius 3 is 2.21 bits per heavy atom. The second kappa shape index (κ2) is 7.13. The fraction of sp³-hybridized carbons (Fsp3) is 0.500. The number of allylic oxidation sites excluding steroid dienone is 2. The van der Waals surface area contributed by atoms with Gasteiger partial charge < -0.3 is 5.32 Å². The van der Waals surface area contributed by atoms with E-state index in [0.29, 0.717) is 41.4 Å². The fourth-order valence-corrected chi connectivity index (χ4v) is 6.06. The Morgan fingerprint density at radius 2 is 1.59 bits per heavy atom. The molecule has 3 fully saturated rings. The monoisotopic (exact) mass is 432 g/mol. The first-order valence-electron chi connectivity index (χ1n) is 10.3. The molecule has 5 rings (SSSR count). The topological polar surface area (TPSA) is 66.5 Å². The molecule has 1 aromatic carbocycles. The molecule has 1 aromatic rings. The van der Waals surface area contributed by atoms with E-state index < -0.39 is 0 Å². The van der Waals surface area contributed by atoms with Crippen LogP contribution in [0.25, 0.3) is 0 Å². The molecule has 2 saturated carbocycles. The number of fused-ring (bicyclic) bond motifs is 5. The lowest BCUT2D eigenvalue weighted by atomic mass is 9.84. The van der Waals surface area contributed by atoms with Crippen LogP contribution in [-0.2, 0) is 14.4 Å². The molecule has 3 aliphatic carbocycles. The van der Waals surface area contributed by atoms with E-state index in [1.165, 1.54) is 0 Å². The quantitative estimate of drug-likeness (QED) is 0.571. The molecule has 0 spiro atoms. The van der Waals surface area contributed by atoms with E-state index in [9.17, 15) is 14.4 Å². The predicted molar refractivity (Wildman–Crippen MR) is 110 cm³/mol. The van der Waals surface area contributed by atoms with Gasteiger partial charge >= 0.3 is 0 Å². The van der Waals surface area contributed by atoms with Gasteiger partial charge in [0, 0.05) is 12.0 Å². The molecular formula is C22H22Cl2N2O3. The Morgan fingerprint density at radius 1 is 0.966 bits per heavy atom. The van der Waals surface area contributed by atoms with Crippen molar-refractivity contribution < 1.29 is 14.4 Å². The number of nitrogens with one attached hydrogen (secondary N) is 1. The predicted octanol–water partition coefficient (Wildman–Crippen LogP) is 4.30. The minimum atomic E-state index is -0.161. The van der Waals surface area contributed by atoms with Crippen LogP contribution in [0.15, 0.2) is 30.4 Å². The number of halogens is 2. The Bertz CT molecular complexity index is 893. The Kier molecular flexibility index (Phi) is 4.71. The van der Waals surface area contributed by atoms with E-state index in [1.54, 1.807) is 23.1 Å². The number of carbonyl (C=O) groups excluding carboxylic acids is 3. The largest absolute Gasteiger partial charge is 0.324 e. The molecule has 1 heterocycles. The molecule has 29 heavy (non-hydrogen) atoms. The molecule has 3 amide bonds. The van der Waals surface area contributed by atoms with Crippen molar-refractivity contribution in [1.82, 2.24) is 4.90 Å². The fourth-order valence-electron chi connectivity index (χ4n) is 5.72. The van der Waals surface area contributed by atoms with Crippen LogP contribution < -0.4 is 5.32 Å². The Hall–Kier alpha value is -1.85. The van der Waals surface area contributed by atoms with Crippen LogP contribution in [-0.4, -0.2) is 28.7 Å². The number of anilines is 1. The maximum absolute atomic E-state index is 13.0. The number of hydrogen-bond donors (Lipinski definition) is 1. The summed E-state index contributed by atoms with van der Waals surface area (Å²) in [5.74, 6) is -0.0674. The zero-order valence-corrected chi connectivity index (χ0v) is 17.3. The van der Waals surface area contributed by atoms with Crippen molar-refractivity contribution >= 4 is 46.6 Å². The lowest BCUT2D eigenvalue weighted by molar-refractivity contribution is -0.144. The molecule has 1 aliphatic heterocycles. The molecule has 0 aromatic heterocycles. The van der Waals surface area contributed by atoms with E-state index in [-0.39, 0.29) is 53.4 Å². The van der Waals surface area contributed by atoms with Crippen molar-refractivity contribution in [1.29, 1.82) is 0 Å². The van der Waals surface area contributed by atoms with Crippen molar-refractivity contribution in [3.8, 4) is 0 Å². The van der Waals surface area contributed by atoms with Crippen LogP contribution >= 0.6 is 23.2 Å². The summed E-state index contributed by atoms with van der Waals surface area (Å²) in [6.07, 6.45) is 7.80. The maximum atomic E-state index is 13.0. The number of benzene rings is 1. The summed E-state index contributed by atoms with van der Waals surface area (Å²) in [7, 11) is 0. The van der Waals surface area contributed by atoms with Crippen LogP contribution in [0.1, 0.15) is 32.1 Å². The van der Waals surface area contributed by atoms with Gasteiger partial charge in [0.2, 0.25) is 17.7 Å². The van der Waals surface area contributed by atoms with Gasteiger partial charge in [0.05, 0.1) is 27.6 Å². The summed E-state index contributed by atoms with van der Waals surface area (Å²) in [5.41, 5.74) is 0.506. The molecule has 0 radical (unpaired) electrons. The van der Waals surface area contributed by atoms with Gasteiger partial charge in [0.25, 0.3) is 0 Å². The third kappa shape index (κ3) is 3.01. The highest BCUT2D eigenvalue weighted by Gasteiger charge is 2.60. The Labute approximate surface area is 179 Å². The molecule has 5 nitrogen and oxygen atoms in total. The molecule has 4 aliphatic rings. The number of hydrogen-bond acceptors (Lipinski definition) is 3. The van der Waals surface area contributed by atoms with Gasteiger partial charge in [0.1, 0.15) is 0 Å². The zero-order valence-electron chi connectivity index (χ0n) is 15.8. The lowest BCUT2D eigenvalue weighted by Gasteiger charge is -2.33. The minimum absolute atomic E-state index is 0.00969. The van der Waals surface area contributed by atoms with E-state index >= 15 is 0 Å². The first-order chi connectivity index (χ1) is 14.0. The standard InChI is InChI=1S/C22H22Cl2N2O3/c23-15-2-1-3-16(19(15)24)25-20(27)11-6-8-14(9-7-11)26-21(28)17-12-4-5-13(10-12)18(17)22(26)29/h1-5,11-14,17-18H,6-10H2,(H,25,27)/t11?,12-,13-,14?,17-,18+/m0/s1. The summed E-state index contributed by atoms with van der Waals surface area (Å²) in [6.45, 7) is 0. The summed E-state index contributed by atoms with van der Waals surface area (Å²) in [4.78, 5) is 40.2. The van der Waals surface area contributed by atoms with Crippen molar-refractivity contribution in [3.05, 3.63) is 40.4 Å². The van der Waals surface area contributed by atoms with Crippen molar-refractivity contribution in [2.24, 2.45) is 29.6 Å². The Balaban J connectivity index is 1.22. The van der Waals surface area contributed by atoms with E-state index in [1.807, 2.05) is 0 Å². The average Bonchev–Trinajstić information content (AvgIpc) is 3.39. The van der Waals surface area contributed by atoms with Gasteiger partial charge in [-0.15, -0.1) is 0 Å². The number of rotatable bonds is 3. The molecule has 1 saturated heterocycles. The van der Waals surface area contributed by atoms with Gasteiger partial charge in [-0.2, -0.15) is 0 Å². The molecule has 1 N–H and O–H groups in total. The molecule has 0 unspecified atom stereocenters. The SMILES string of the molecule is O=C(Nc1cccc(Cl)c1Cl)C1CCC(N2C(=O)[C@@H]3[C@H](C2=O)[C@H]2C=C[C@H]3C2)CC1. The first-order valence-corrected chi connectivity index (χ1v) is 11.0. The summed E-state index contributed by atoms with van der Waals surface area (Å²) >= 11 is 12.2. The average molecular weight is 433 g/mol. The van der Waals surface area contributed by atoms with Crippen LogP contribution in [0, 0.1) is 29.6 Å². The summed E-state index contributed by atoms with van der Waals surface area (Å²) < 4.78 is 0. The lowest BCUT2D eigenvalue weighted by Crippen LogP contribution is -2.44. The van der Waals surface area contributed by atoms with E-state index in [4.69, 9.17) is 23.2 Å². The number of likely N-dealkylation sites (tertiary alicyclic amines) is 1. The second-order valence-electron chi connectivity index (χ2n) is 8.64. The van der Waals surface area contributed by atoms with E-state index in [0.717, 1.165) is 6.42 Å². The van der Waals surface area contributed by atoms with Gasteiger partial charge in [-0.05, 0) is 56.1 Å². The zero-order chi connectivity index (χ0) is 20.3. The van der Waals surface area contributed by atoms with Gasteiger partial charge in [-0.1, -0.05) is 41.4 Å². The van der Waals surface area contributed by atoms with Crippen LogP contribution in [0.5, 0.6) is 0 Å². The summed E-state index contributed by atoms with van der Waals surface area (Å²) in [5, 5.41) is 3.59. The smallest absolute Gasteiger partial charge is 0.233 e. The van der Waals surface area contributed by atoms with Crippen molar-refractivity contribution in [2.45, 2.75) is 38.1 Å². The highest BCUT2D eigenvalue weighted by atomic mass is 35.5. The van der Waals surface area contributed by atoms with Crippen molar-refractivity contribution in [2.75, 3.05) is 5.32 Å². The van der Waals surface area contributed by atoms with Crippen LogP contribution in [0.2, 0.25) is 10.0 Å². The summed E-state index contributed by atoms with van der Waals surface area (Å²) in [6, 6.07) is 5.05. The number of amides is 3. The van der Waals surface area contributed by atoms with Crippen LogP contribution in [0.3, 0.4) is 0 Å². The molecule has 4 atom stereocenters. The van der Waals surface area contributed by atoms with Gasteiger partial charge in [-0.3, -0.25) is 19.3 Å². The molecule has 152 valence electrons. The second-order valence-corrected chi connectivity index (χ2v) is 9.43. The van der Waals surface area contributed by atoms with Gasteiger partial charge in [-0.25, -0.2) is 0 Å². The third-order valence-electron chi connectivity index (χ3n) is 7.15. The number of nitrogens with zero attached hydrogens (tertiary/aromatic N) is 1. The maximum Gasteiger partial charge on any atom is 0.233 e. The first kappa shape index (κ1) is 19.1. The van der Waals surface area contributed by atoms with Gasteiger partial charge in [0.15, 0.2) is 0 Å². The highest BCUT2D eigenvalue weighted by Crippen LogP contribution is 2.53. The molecular weight excluding hydrogens is 411 g/mol. The number of imide groups is 1. The third-order valence-corrected chi connectivity index (χ3v) is 7.97. The molecule has 2 bridgehead atoms. The van der Waals surface area contributed by atoms with Crippen LogP contribution in [0.4, 0.5) is 5.69 Å². The molecule has 7 heteroatoms. The van der Waals surface area contributed by atoms with Crippen molar-refractivity contribution in [3.63, 3.8) is 0 Å². The van der Waals surface area contributed by atoms with E-state index in [2.05, 4.69) is 17.5 Å². The number of carbonyl (C=O) groups is 3. The normalized spacial score (nSPS) is 35.3. The highest BCUT2D eigenvalue weighted by molar-refractivity contribution is 6.44.